The molecule has 0 aromatic heterocycles. The van der Waals surface area contributed by atoms with E-state index in [4.69, 9.17) is 11.6 Å². The molecule has 2 aromatic carbocycles. The van der Waals surface area contributed by atoms with Crippen molar-refractivity contribution in [1.82, 2.24) is 0 Å². The number of hydrogen-bond donors (Lipinski definition) is 0. The molecule has 2 aromatic rings. The molecule has 0 fully saturated rings. The van der Waals surface area contributed by atoms with E-state index in [0.29, 0.717) is 5.02 Å². The van der Waals surface area contributed by atoms with Crippen molar-refractivity contribution in [2.45, 2.75) is 4.90 Å². The van der Waals surface area contributed by atoms with Gasteiger partial charge in [-0.3, -0.25) is 19.2 Å². The van der Waals surface area contributed by atoms with Crippen LogP contribution < -0.4 is 4.31 Å². The molecule has 0 aliphatic carbocycles. The quantitative estimate of drug-likeness (QED) is 0.430. The fourth-order valence-electron chi connectivity index (χ4n) is 1.99. The van der Waals surface area contributed by atoms with Crippen molar-refractivity contribution in [2.24, 2.45) is 0 Å². The summed E-state index contributed by atoms with van der Waals surface area (Å²) in [5.74, 6) is -0.788. The molecule has 2 rings (SSSR count). The highest BCUT2D eigenvalue weighted by atomic mass is 35.5. The zero-order valence-corrected chi connectivity index (χ0v) is 14.5. The van der Waals surface area contributed by atoms with Gasteiger partial charge in [0.05, 0.1) is 22.6 Å². The van der Waals surface area contributed by atoms with Gasteiger partial charge in [-0.2, -0.15) is 0 Å². The number of esters is 1. The van der Waals surface area contributed by atoms with E-state index in [1.165, 1.54) is 42.5 Å². The van der Waals surface area contributed by atoms with Crippen LogP contribution in [0.25, 0.3) is 0 Å². The summed E-state index contributed by atoms with van der Waals surface area (Å²) in [4.78, 5) is 21.5. The first-order valence-electron chi connectivity index (χ1n) is 6.85. The van der Waals surface area contributed by atoms with E-state index < -0.39 is 27.5 Å². The maximum atomic E-state index is 12.9. The molecule has 25 heavy (non-hydrogen) atoms. The van der Waals surface area contributed by atoms with Crippen LogP contribution in [0.15, 0.2) is 53.4 Å². The van der Waals surface area contributed by atoms with Gasteiger partial charge in [0.1, 0.15) is 6.54 Å². The number of ether oxygens (including phenoxy) is 1. The van der Waals surface area contributed by atoms with Crippen molar-refractivity contribution in [3.63, 3.8) is 0 Å². The van der Waals surface area contributed by atoms with Crippen LogP contribution in [0.3, 0.4) is 0 Å². The topological polar surface area (TPSA) is 107 Å². The summed E-state index contributed by atoms with van der Waals surface area (Å²) in [5.41, 5.74) is -0.212. The molecule has 8 nitrogen and oxygen atoms in total. The Labute approximate surface area is 148 Å². The van der Waals surface area contributed by atoms with Crippen molar-refractivity contribution in [3.8, 4) is 0 Å². The second kappa shape index (κ2) is 7.49. The standard InChI is InChI=1S/C15H13ClN2O6S/c1-24-15(19)10-17(12-7-5-11(16)6-8-12)25(22,23)14-4-2-3-13(9-14)18(20)21/h2-9H,10H2,1H3. The number of nitro groups is 1. The van der Waals surface area contributed by atoms with E-state index in [2.05, 4.69) is 4.74 Å². The van der Waals surface area contributed by atoms with Crippen LogP contribution in [0.1, 0.15) is 0 Å². The van der Waals surface area contributed by atoms with Crippen molar-refractivity contribution >= 4 is 39.0 Å². The van der Waals surface area contributed by atoms with Crippen LogP contribution in [-0.2, 0) is 19.6 Å². The van der Waals surface area contributed by atoms with Crippen LogP contribution >= 0.6 is 11.6 Å². The van der Waals surface area contributed by atoms with Gasteiger partial charge in [0.15, 0.2) is 0 Å². The minimum Gasteiger partial charge on any atom is -0.468 e. The zero-order valence-electron chi connectivity index (χ0n) is 13.0. The summed E-state index contributed by atoms with van der Waals surface area (Å²) in [6, 6.07) is 10.3. The Morgan fingerprint density at radius 2 is 1.88 bits per heavy atom. The lowest BCUT2D eigenvalue weighted by molar-refractivity contribution is -0.385. The molecule has 0 unspecified atom stereocenters. The molecule has 0 aliphatic heterocycles. The summed E-state index contributed by atoms with van der Waals surface area (Å²) in [6.45, 7) is -0.594. The van der Waals surface area contributed by atoms with Crippen LogP contribution in [0.2, 0.25) is 5.02 Å². The largest absolute Gasteiger partial charge is 0.468 e. The average molecular weight is 385 g/mol. The molecule has 0 bridgehead atoms. The van der Waals surface area contributed by atoms with Gasteiger partial charge in [0.2, 0.25) is 0 Å². The van der Waals surface area contributed by atoms with E-state index in [-0.39, 0.29) is 16.3 Å². The zero-order chi connectivity index (χ0) is 18.6. The third-order valence-corrected chi connectivity index (χ3v) is 5.25. The van der Waals surface area contributed by atoms with E-state index in [0.717, 1.165) is 17.5 Å². The van der Waals surface area contributed by atoms with Crippen molar-refractivity contribution < 1.29 is 22.9 Å². The molecule has 0 saturated carbocycles. The maximum Gasteiger partial charge on any atom is 0.326 e. The van der Waals surface area contributed by atoms with Crippen LogP contribution in [0.4, 0.5) is 11.4 Å². The molecule has 0 radical (unpaired) electrons. The number of carbonyl (C=O) groups excluding carboxylic acids is 1. The Morgan fingerprint density at radius 3 is 2.44 bits per heavy atom. The molecule has 0 aliphatic rings. The fourth-order valence-corrected chi connectivity index (χ4v) is 3.56. The Morgan fingerprint density at radius 1 is 1.24 bits per heavy atom. The molecule has 0 spiro atoms. The summed E-state index contributed by atoms with van der Waals surface area (Å²) in [7, 11) is -3.12. The highest BCUT2D eigenvalue weighted by molar-refractivity contribution is 7.92. The average Bonchev–Trinajstić information content (AvgIpc) is 2.60. The Bertz CT molecular complexity index is 898. The Hall–Kier alpha value is -2.65. The predicted molar refractivity (Wildman–Crippen MR) is 91.1 cm³/mol. The lowest BCUT2D eigenvalue weighted by atomic mass is 10.3. The second-order valence-corrected chi connectivity index (χ2v) is 7.12. The van der Waals surface area contributed by atoms with Crippen molar-refractivity contribution in [2.75, 3.05) is 18.0 Å². The highest BCUT2D eigenvalue weighted by Gasteiger charge is 2.28. The first-order valence-corrected chi connectivity index (χ1v) is 8.67. The molecule has 0 N–H and O–H groups in total. The number of rotatable bonds is 6. The van der Waals surface area contributed by atoms with Gasteiger partial charge in [0, 0.05) is 17.2 Å². The predicted octanol–water partition coefficient (Wildman–Crippen LogP) is 2.62. The fraction of sp³-hybridized carbons (Fsp3) is 0.133. The van der Waals surface area contributed by atoms with E-state index in [1.807, 2.05) is 0 Å². The third kappa shape index (κ3) is 4.25. The smallest absolute Gasteiger partial charge is 0.326 e. The number of non-ortho nitro benzene ring substituents is 1. The van der Waals surface area contributed by atoms with Gasteiger partial charge >= 0.3 is 5.97 Å². The van der Waals surface area contributed by atoms with E-state index in [9.17, 15) is 23.3 Å². The molecule has 0 saturated heterocycles. The maximum absolute atomic E-state index is 12.9. The highest BCUT2D eigenvalue weighted by Crippen LogP contribution is 2.27. The van der Waals surface area contributed by atoms with Crippen LogP contribution in [0, 0.1) is 10.1 Å². The molecular weight excluding hydrogens is 372 g/mol. The van der Waals surface area contributed by atoms with Gasteiger partial charge in [-0.05, 0) is 30.3 Å². The number of benzene rings is 2. The summed E-state index contributed by atoms with van der Waals surface area (Å²) in [6.07, 6.45) is 0. The third-order valence-electron chi connectivity index (χ3n) is 3.23. The SMILES string of the molecule is COC(=O)CN(c1ccc(Cl)cc1)S(=O)(=O)c1cccc([N+](=O)[O-])c1. The minimum atomic E-state index is -4.24. The van der Waals surface area contributed by atoms with E-state index >= 15 is 0 Å². The van der Waals surface area contributed by atoms with Crippen molar-refractivity contribution in [3.05, 3.63) is 63.7 Å². The van der Waals surface area contributed by atoms with Crippen LogP contribution in [0.5, 0.6) is 0 Å². The van der Waals surface area contributed by atoms with Gasteiger partial charge in [-0.25, -0.2) is 8.42 Å². The summed E-state index contributed by atoms with van der Waals surface area (Å²) >= 11 is 5.80. The molecular formula is C15H13ClN2O6S. The van der Waals surface area contributed by atoms with Crippen molar-refractivity contribution in [1.29, 1.82) is 0 Å². The normalized spacial score (nSPS) is 11.0. The number of methoxy groups -OCH3 is 1. The van der Waals surface area contributed by atoms with Crippen LogP contribution in [-0.4, -0.2) is 33.0 Å². The Balaban J connectivity index is 2.54. The Kier molecular flexibility index (Phi) is 5.60. The van der Waals surface area contributed by atoms with Gasteiger partial charge < -0.3 is 4.74 Å². The summed E-state index contributed by atoms with van der Waals surface area (Å²) < 4.78 is 31.2. The van der Waals surface area contributed by atoms with Gasteiger partial charge in [-0.1, -0.05) is 17.7 Å². The number of hydrogen-bond acceptors (Lipinski definition) is 6. The first-order chi connectivity index (χ1) is 11.8. The first kappa shape index (κ1) is 18.7. The molecule has 132 valence electrons. The lowest BCUT2D eigenvalue weighted by Crippen LogP contribution is -2.36. The number of nitro benzene ring substituents is 1. The second-order valence-electron chi connectivity index (χ2n) is 4.82. The number of nitrogens with zero attached hydrogens (tertiary/aromatic N) is 2. The molecule has 0 atom stereocenters. The molecule has 0 amide bonds. The lowest BCUT2D eigenvalue weighted by Gasteiger charge is -2.23. The summed E-state index contributed by atoms with van der Waals surface area (Å²) in [5, 5.41) is 11.3. The minimum absolute atomic E-state index is 0.168. The van der Waals surface area contributed by atoms with E-state index in [1.54, 1.807) is 0 Å². The van der Waals surface area contributed by atoms with Gasteiger partial charge in [-0.15, -0.1) is 0 Å². The number of anilines is 1. The van der Waals surface area contributed by atoms with Gasteiger partial charge in [0.25, 0.3) is 15.7 Å². The monoisotopic (exact) mass is 384 g/mol. The number of sulfonamides is 1. The number of halogens is 1. The molecule has 10 heteroatoms. The molecule has 0 heterocycles. The number of carbonyl (C=O) groups is 1.